The van der Waals surface area contributed by atoms with Crippen molar-refractivity contribution in [2.75, 3.05) is 0 Å². The minimum atomic E-state index is -0.593. The summed E-state index contributed by atoms with van der Waals surface area (Å²) in [7, 11) is 0. The highest BCUT2D eigenvalue weighted by Crippen LogP contribution is 2.23. The summed E-state index contributed by atoms with van der Waals surface area (Å²) in [5.74, 6) is -0.304. The van der Waals surface area contributed by atoms with Crippen LogP contribution >= 0.6 is 23.2 Å². The second-order valence-electron chi connectivity index (χ2n) is 6.93. The molecule has 0 heterocycles. The fourth-order valence-electron chi connectivity index (χ4n) is 2.75. The van der Waals surface area contributed by atoms with Crippen LogP contribution < -0.4 is 5.32 Å². The van der Waals surface area contributed by atoms with Crippen LogP contribution in [0.15, 0.2) is 48.5 Å². The zero-order chi connectivity index (χ0) is 20.7. The number of carbonyl (C=O) groups excluding carboxylic acids is 2. The van der Waals surface area contributed by atoms with Crippen LogP contribution in [0.1, 0.15) is 38.3 Å². The molecule has 0 aliphatic carbocycles. The van der Waals surface area contributed by atoms with Gasteiger partial charge < -0.3 is 10.2 Å². The summed E-state index contributed by atoms with van der Waals surface area (Å²) in [5, 5.41) is 3.81. The van der Waals surface area contributed by atoms with Crippen LogP contribution in [0.3, 0.4) is 0 Å². The smallest absolute Gasteiger partial charge is 0.242 e. The van der Waals surface area contributed by atoms with Gasteiger partial charge in [-0.3, -0.25) is 9.59 Å². The van der Waals surface area contributed by atoms with Gasteiger partial charge in [-0.2, -0.15) is 0 Å². The number of hydrogen-bond donors (Lipinski definition) is 1. The minimum Gasteiger partial charge on any atom is -0.352 e. The maximum atomic E-state index is 13.1. The fraction of sp³-hybridized carbons (Fsp3) is 0.364. The van der Waals surface area contributed by atoms with Crippen molar-refractivity contribution in [3.63, 3.8) is 0 Å². The van der Waals surface area contributed by atoms with Gasteiger partial charge in [-0.25, -0.2) is 0 Å². The van der Waals surface area contributed by atoms with E-state index in [1.165, 1.54) is 0 Å². The fourth-order valence-corrected chi connectivity index (χ4v) is 3.07. The van der Waals surface area contributed by atoms with E-state index in [2.05, 4.69) is 5.32 Å². The van der Waals surface area contributed by atoms with Gasteiger partial charge in [0, 0.05) is 12.6 Å². The molecule has 0 aliphatic rings. The molecule has 0 aliphatic heterocycles. The molecule has 0 fully saturated rings. The topological polar surface area (TPSA) is 49.4 Å². The maximum Gasteiger partial charge on any atom is 0.242 e. The number of rotatable bonds is 8. The second-order valence-corrected chi connectivity index (χ2v) is 7.74. The Balaban J connectivity index is 2.21. The summed E-state index contributed by atoms with van der Waals surface area (Å²) in [5.41, 5.74) is 1.72. The number of hydrogen-bond acceptors (Lipinski definition) is 2. The van der Waals surface area contributed by atoms with Crippen molar-refractivity contribution in [2.45, 2.75) is 52.2 Å². The molecule has 6 heteroatoms. The molecule has 150 valence electrons. The quantitative estimate of drug-likeness (QED) is 0.661. The van der Waals surface area contributed by atoms with Crippen molar-refractivity contribution >= 4 is 35.0 Å². The van der Waals surface area contributed by atoms with Crippen LogP contribution in [0.2, 0.25) is 10.0 Å². The summed E-state index contributed by atoms with van der Waals surface area (Å²) in [6.07, 6.45) is 0.971. The van der Waals surface area contributed by atoms with Gasteiger partial charge in [-0.15, -0.1) is 0 Å². The summed E-state index contributed by atoms with van der Waals surface area (Å²) in [4.78, 5) is 27.3. The highest BCUT2D eigenvalue weighted by Gasteiger charge is 2.26. The van der Waals surface area contributed by atoms with Crippen LogP contribution in [0.25, 0.3) is 0 Å². The molecule has 2 amide bonds. The van der Waals surface area contributed by atoms with Gasteiger partial charge in [0.05, 0.1) is 16.5 Å². The number of nitrogens with zero attached hydrogens (tertiary/aromatic N) is 1. The molecule has 2 unspecified atom stereocenters. The Hall–Kier alpha value is -2.04. The normalized spacial score (nSPS) is 12.9. The Morgan fingerprint density at radius 3 is 2.29 bits per heavy atom. The van der Waals surface area contributed by atoms with Crippen molar-refractivity contribution in [1.29, 1.82) is 0 Å². The predicted molar refractivity (Wildman–Crippen MR) is 115 cm³/mol. The van der Waals surface area contributed by atoms with Crippen molar-refractivity contribution in [2.24, 2.45) is 0 Å². The molecular formula is C22H26Cl2N2O2. The first-order valence-electron chi connectivity index (χ1n) is 9.39. The highest BCUT2D eigenvalue weighted by molar-refractivity contribution is 6.42. The first-order valence-corrected chi connectivity index (χ1v) is 10.1. The summed E-state index contributed by atoms with van der Waals surface area (Å²) >= 11 is 12.0. The number of carbonyl (C=O) groups is 2. The summed E-state index contributed by atoms with van der Waals surface area (Å²) in [6, 6.07) is 14.2. The van der Waals surface area contributed by atoms with E-state index in [9.17, 15) is 9.59 Å². The molecule has 0 spiro atoms. The first kappa shape index (κ1) is 22.3. The van der Waals surface area contributed by atoms with E-state index in [1.54, 1.807) is 30.0 Å². The van der Waals surface area contributed by atoms with E-state index in [4.69, 9.17) is 23.2 Å². The molecule has 2 atom stereocenters. The molecule has 0 saturated heterocycles. The SMILES string of the molecule is CCC(C)NC(=O)C(C)N(Cc1ccccc1)C(=O)Cc1ccc(Cl)c(Cl)c1. The molecule has 1 N–H and O–H groups in total. The Morgan fingerprint density at radius 2 is 1.68 bits per heavy atom. The molecule has 0 bridgehead atoms. The van der Waals surface area contributed by atoms with Gasteiger partial charge in [0.15, 0.2) is 0 Å². The largest absolute Gasteiger partial charge is 0.352 e. The zero-order valence-electron chi connectivity index (χ0n) is 16.4. The molecule has 0 saturated carbocycles. The van der Waals surface area contributed by atoms with E-state index in [0.717, 1.165) is 17.5 Å². The lowest BCUT2D eigenvalue weighted by Gasteiger charge is -2.30. The van der Waals surface area contributed by atoms with Gasteiger partial charge in [0.1, 0.15) is 6.04 Å². The standard InChI is InChI=1S/C22H26Cl2N2O2/c1-4-15(2)25-22(28)16(3)26(14-17-8-6-5-7-9-17)21(27)13-18-10-11-19(23)20(24)12-18/h5-12,15-16H,4,13-14H2,1-3H3,(H,25,28). The molecule has 4 nitrogen and oxygen atoms in total. The Morgan fingerprint density at radius 1 is 1.00 bits per heavy atom. The third kappa shape index (κ3) is 6.25. The van der Waals surface area contributed by atoms with E-state index in [0.29, 0.717) is 16.6 Å². The average Bonchev–Trinajstić information content (AvgIpc) is 2.69. The monoisotopic (exact) mass is 420 g/mol. The molecule has 0 radical (unpaired) electrons. The van der Waals surface area contributed by atoms with Crippen LogP contribution in [0.4, 0.5) is 0 Å². The number of nitrogens with one attached hydrogen (secondary N) is 1. The lowest BCUT2D eigenvalue weighted by Crippen LogP contribution is -2.49. The summed E-state index contributed by atoms with van der Waals surface area (Å²) in [6.45, 7) is 6.07. The van der Waals surface area contributed by atoms with E-state index in [-0.39, 0.29) is 24.3 Å². The van der Waals surface area contributed by atoms with Gasteiger partial charge in [0.25, 0.3) is 0 Å². The van der Waals surface area contributed by atoms with Gasteiger partial charge in [-0.1, -0.05) is 66.5 Å². The highest BCUT2D eigenvalue weighted by atomic mass is 35.5. The Kier molecular flexibility index (Phi) is 8.34. The summed E-state index contributed by atoms with van der Waals surface area (Å²) < 4.78 is 0. The molecule has 28 heavy (non-hydrogen) atoms. The third-order valence-electron chi connectivity index (χ3n) is 4.70. The predicted octanol–water partition coefficient (Wildman–Crippen LogP) is 4.87. The first-order chi connectivity index (χ1) is 13.3. The minimum absolute atomic E-state index is 0.0544. The molecule has 2 rings (SSSR count). The van der Waals surface area contributed by atoms with Crippen LogP contribution in [0, 0.1) is 0 Å². The van der Waals surface area contributed by atoms with Crippen LogP contribution in [-0.4, -0.2) is 28.8 Å². The van der Waals surface area contributed by atoms with Crippen molar-refractivity contribution in [3.05, 3.63) is 69.7 Å². The lowest BCUT2D eigenvalue weighted by molar-refractivity contribution is -0.140. The third-order valence-corrected chi connectivity index (χ3v) is 5.44. The lowest BCUT2D eigenvalue weighted by atomic mass is 10.1. The molecule has 2 aromatic carbocycles. The number of halogens is 2. The van der Waals surface area contributed by atoms with E-state index < -0.39 is 6.04 Å². The van der Waals surface area contributed by atoms with E-state index in [1.807, 2.05) is 44.2 Å². The van der Waals surface area contributed by atoms with Crippen molar-refractivity contribution < 1.29 is 9.59 Å². The zero-order valence-corrected chi connectivity index (χ0v) is 17.9. The molecular weight excluding hydrogens is 395 g/mol. The van der Waals surface area contributed by atoms with Gasteiger partial charge in [0.2, 0.25) is 11.8 Å². The van der Waals surface area contributed by atoms with Gasteiger partial charge >= 0.3 is 0 Å². The number of benzene rings is 2. The van der Waals surface area contributed by atoms with Crippen LogP contribution in [0.5, 0.6) is 0 Å². The van der Waals surface area contributed by atoms with Gasteiger partial charge in [-0.05, 0) is 43.5 Å². The second kappa shape index (κ2) is 10.5. The number of amides is 2. The maximum absolute atomic E-state index is 13.1. The Bertz CT molecular complexity index is 811. The van der Waals surface area contributed by atoms with Crippen molar-refractivity contribution in [1.82, 2.24) is 10.2 Å². The van der Waals surface area contributed by atoms with Crippen LogP contribution in [-0.2, 0) is 22.6 Å². The van der Waals surface area contributed by atoms with Crippen molar-refractivity contribution in [3.8, 4) is 0 Å². The Labute approximate surface area is 176 Å². The van der Waals surface area contributed by atoms with E-state index >= 15 is 0 Å². The molecule has 2 aromatic rings. The average molecular weight is 421 g/mol. The molecule has 0 aromatic heterocycles.